The Morgan fingerprint density at radius 1 is 1.00 bits per heavy atom. The number of benzene rings is 1. The first-order valence-corrected chi connectivity index (χ1v) is 7.82. The Morgan fingerprint density at radius 3 is 2.00 bits per heavy atom. The Bertz CT molecular complexity index is 427. The molecule has 1 atom stereocenters. The van der Waals surface area contributed by atoms with Crippen molar-refractivity contribution in [1.82, 2.24) is 5.32 Å². The van der Waals surface area contributed by atoms with Gasteiger partial charge in [-0.15, -0.1) is 0 Å². The van der Waals surface area contributed by atoms with Crippen molar-refractivity contribution in [3.05, 3.63) is 34.4 Å². The maximum atomic E-state index is 5.97. The summed E-state index contributed by atoms with van der Waals surface area (Å²) >= 11 is 0. The zero-order valence-electron chi connectivity index (χ0n) is 14.3. The number of hydrogen-bond acceptors (Lipinski definition) is 2. The second-order valence-electron chi connectivity index (χ2n) is 5.76. The van der Waals surface area contributed by atoms with E-state index in [0.29, 0.717) is 0 Å². The van der Waals surface area contributed by atoms with Crippen molar-refractivity contribution in [3.8, 4) is 0 Å². The number of nitrogens with one attached hydrogen (secondary N) is 1. The summed E-state index contributed by atoms with van der Waals surface area (Å²) in [6.45, 7) is 14.1. The van der Waals surface area contributed by atoms with Gasteiger partial charge in [0.25, 0.3) is 0 Å². The van der Waals surface area contributed by atoms with Gasteiger partial charge in [0.1, 0.15) is 0 Å². The third kappa shape index (κ3) is 3.24. The average Bonchev–Trinajstić information content (AvgIpc) is 2.44. The number of likely N-dealkylation sites (N-methyl/N-ethyl adjacent to an activating group) is 1. The highest BCUT2D eigenvalue weighted by molar-refractivity contribution is 5.39. The summed E-state index contributed by atoms with van der Waals surface area (Å²) in [5, 5.41) is 3.66. The lowest BCUT2D eigenvalue weighted by Gasteiger charge is -2.40. The lowest BCUT2D eigenvalue weighted by Crippen LogP contribution is -2.45. The van der Waals surface area contributed by atoms with Gasteiger partial charge in [-0.3, -0.25) is 0 Å². The summed E-state index contributed by atoms with van der Waals surface area (Å²) in [6, 6.07) is 4.87. The van der Waals surface area contributed by atoms with Gasteiger partial charge >= 0.3 is 0 Å². The summed E-state index contributed by atoms with van der Waals surface area (Å²) in [5.41, 5.74) is 5.30. The van der Waals surface area contributed by atoms with E-state index >= 15 is 0 Å². The highest BCUT2D eigenvalue weighted by Gasteiger charge is 2.37. The normalized spacial score (nSPS) is 13.6. The van der Waals surface area contributed by atoms with Crippen LogP contribution in [0.15, 0.2) is 12.1 Å². The van der Waals surface area contributed by atoms with Crippen molar-refractivity contribution in [2.24, 2.45) is 0 Å². The first-order valence-electron chi connectivity index (χ1n) is 7.82. The molecule has 1 aromatic carbocycles. The Kier molecular flexibility index (Phi) is 6.22. The highest BCUT2D eigenvalue weighted by atomic mass is 16.5. The molecule has 1 unspecified atom stereocenters. The summed E-state index contributed by atoms with van der Waals surface area (Å²) in [7, 11) is 1.84. The van der Waals surface area contributed by atoms with Crippen LogP contribution in [0.3, 0.4) is 0 Å². The highest BCUT2D eigenvalue weighted by Crippen LogP contribution is 2.37. The molecule has 0 aliphatic rings. The SMILES string of the molecule is CCNC(c1cc(C)c(C)cc1C)C(CC)(CC)OC. The molecule has 0 bridgehead atoms. The fraction of sp³-hybridized carbons (Fsp3) is 0.667. The van der Waals surface area contributed by atoms with E-state index in [2.05, 4.69) is 59.0 Å². The number of methoxy groups -OCH3 is 1. The summed E-state index contributed by atoms with van der Waals surface area (Å²) in [4.78, 5) is 0. The number of ether oxygens (including phenoxy) is 1. The maximum absolute atomic E-state index is 5.97. The van der Waals surface area contributed by atoms with Gasteiger partial charge in [0, 0.05) is 7.11 Å². The van der Waals surface area contributed by atoms with Crippen LogP contribution in [-0.2, 0) is 4.74 Å². The zero-order valence-corrected chi connectivity index (χ0v) is 14.3. The first-order chi connectivity index (χ1) is 9.45. The van der Waals surface area contributed by atoms with Gasteiger partial charge in [0.15, 0.2) is 0 Å². The van der Waals surface area contributed by atoms with Gasteiger partial charge in [-0.25, -0.2) is 0 Å². The Balaban J connectivity index is 3.36. The van der Waals surface area contributed by atoms with Crippen molar-refractivity contribution in [1.29, 1.82) is 0 Å². The molecule has 0 aliphatic carbocycles. The summed E-state index contributed by atoms with van der Waals surface area (Å²) in [5.74, 6) is 0. The predicted octanol–water partition coefficient (Wildman–Crippen LogP) is 4.47. The van der Waals surface area contributed by atoms with Gasteiger partial charge < -0.3 is 10.1 Å². The standard InChI is InChI=1S/C18H31NO/c1-8-18(9-2,20-7)17(19-10-3)16-12-14(5)13(4)11-15(16)6/h11-12,17,19H,8-10H2,1-7H3. The second-order valence-corrected chi connectivity index (χ2v) is 5.76. The third-order valence-corrected chi connectivity index (χ3v) is 4.73. The molecule has 1 rings (SSSR count). The first kappa shape index (κ1) is 17.2. The molecule has 0 aliphatic heterocycles. The van der Waals surface area contributed by atoms with Crippen molar-refractivity contribution in [2.75, 3.05) is 13.7 Å². The molecular weight excluding hydrogens is 246 g/mol. The van der Waals surface area contributed by atoms with Crippen LogP contribution in [0.2, 0.25) is 0 Å². The molecule has 1 aromatic rings. The van der Waals surface area contributed by atoms with Crippen LogP contribution >= 0.6 is 0 Å². The molecule has 0 saturated carbocycles. The van der Waals surface area contributed by atoms with Gasteiger partial charge in [-0.05, 0) is 62.4 Å². The van der Waals surface area contributed by atoms with Gasteiger partial charge in [0.2, 0.25) is 0 Å². The van der Waals surface area contributed by atoms with E-state index in [1.54, 1.807) is 0 Å². The Morgan fingerprint density at radius 2 is 1.55 bits per heavy atom. The summed E-state index contributed by atoms with van der Waals surface area (Å²) < 4.78 is 5.97. The minimum absolute atomic E-state index is 0.136. The molecule has 114 valence electrons. The van der Waals surface area contributed by atoms with Crippen LogP contribution in [0.1, 0.15) is 61.9 Å². The smallest absolute Gasteiger partial charge is 0.0867 e. The van der Waals surface area contributed by atoms with Crippen molar-refractivity contribution < 1.29 is 4.74 Å². The Hall–Kier alpha value is -0.860. The topological polar surface area (TPSA) is 21.3 Å². The van der Waals surface area contributed by atoms with E-state index < -0.39 is 0 Å². The van der Waals surface area contributed by atoms with Gasteiger partial charge in [0.05, 0.1) is 11.6 Å². The van der Waals surface area contributed by atoms with Crippen LogP contribution in [-0.4, -0.2) is 19.3 Å². The molecule has 2 heteroatoms. The van der Waals surface area contributed by atoms with Crippen molar-refractivity contribution in [3.63, 3.8) is 0 Å². The van der Waals surface area contributed by atoms with Crippen LogP contribution in [0, 0.1) is 20.8 Å². The molecule has 2 nitrogen and oxygen atoms in total. The van der Waals surface area contributed by atoms with E-state index in [1.807, 2.05) is 7.11 Å². The third-order valence-electron chi connectivity index (χ3n) is 4.73. The number of hydrogen-bond donors (Lipinski definition) is 1. The second kappa shape index (κ2) is 7.24. The molecule has 0 spiro atoms. The van der Waals surface area contributed by atoms with E-state index in [-0.39, 0.29) is 11.6 Å². The van der Waals surface area contributed by atoms with Gasteiger partial charge in [-0.1, -0.05) is 32.9 Å². The van der Waals surface area contributed by atoms with E-state index in [0.717, 1.165) is 19.4 Å². The molecule has 0 radical (unpaired) electrons. The number of aryl methyl sites for hydroxylation is 3. The van der Waals surface area contributed by atoms with Crippen LogP contribution in [0.5, 0.6) is 0 Å². The van der Waals surface area contributed by atoms with Crippen molar-refractivity contribution in [2.45, 2.75) is 66.0 Å². The van der Waals surface area contributed by atoms with Gasteiger partial charge in [-0.2, -0.15) is 0 Å². The Labute approximate surface area is 124 Å². The summed E-state index contributed by atoms with van der Waals surface area (Å²) in [6.07, 6.45) is 2.01. The fourth-order valence-electron chi connectivity index (χ4n) is 3.14. The largest absolute Gasteiger partial charge is 0.376 e. The maximum Gasteiger partial charge on any atom is 0.0867 e. The van der Waals surface area contributed by atoms with E-state index in [4.69, 9.17) is 4.74 Å². The van der Waals surface area contributed by atoms with Crippen LogP contribution < -0.4 is 5.32 Å². The molecule has 0 fully saturated rings. The molecule has 20 heavy (non-hydrogen) atoms. The van der Waals surface area contributed by atoms with E-state index in [9.17, 15) is 0 Å². The lowest BCUT2D eigenvalue weighted by molar-refractivity contribution is -0.0484. The monoisotopic (exact) mass is 277 g/mol. The molecule has 0 amide bonds. The van der Waals surface area contributed by atoms with Crippen LogP contribution in [0.25, 0.3) is 0 Å². The average molecular weight is 277 g/mol. The minimum Gasteiger partial charge on any atom is -0.376 e. The molecule has 0 heterocycles. The molecule has 1 N–H and O–H groups in total. The lowest BCUT2D eigenvalue weighted by atomic mass is 9.81. The number of rotatable bonds is 7. The fourth-order valence-corrected chi connectivity index (χ4v) is 3.14. The zero-order chi connectivity index (χ0) is 15.3. The predicted molar refractivity (Wildman–Crippen MR) is 87.4 cm³/mol. The minimum atomic E-state index is -0.136. The van der Waals surface area contributed by atoms with Crippen LogP contribution in [0.4, 0.5) is 0 Å². The van der Waals surface area contributed by atoms with Crippen molar-refractivity contribution >= 4 is 0 Å². The quantitative estimate of drug-likeness (QED) is 0.794. The molecular formula is C18H31NO. The van der Waals surface area contributed by atoms with E-state index in [1.165, 1.54) is 22.3 Å². The molecule has 0 saturated heterocycles. The molecule has 0 aromatic heterocycles.